The van der Waals surface area contributed by atoms with Crippen LogP contribution in [0.2, 0.25) is 0 Å². The van der Waals surface area contributed by atoms with Gasteiger partial charge in [-0.3, -0.25) is 14.4 Å². The molecule has 8 heteroatoms. The summed E-state index contributed by atoms with van der Waals surface area (Å²) in [4.78, 5) is 45.7. The Morgan fingerprint density at radius 3 is 2.39 bits per heavy atom. The summed E-state index contributed by atoms with van der Waals surface area (Å²) in [6.07, 6.45) is 3.48. The van der Waals surface area contributed by atoms with Crippen LogP contribution in [0.4, 0.5) is 5.69 Å². The lowest BCUT2D eigenvalue weighted by Crippen LogP contribution is -2.42. The first-order valence-corrected chi connectivity index (χ1v) is 12.0. The largest absolute Gasteiger partial charge is 0.351 e. The lowest BCUT2D eigenvalue weighted by atomic mass is 9.91. The van der Waals surface area contributed by atoms with Crippen LogP contribution >= 0.6 is 11.8 Å². The van der Waals surface area contributed by atoms with Gasteiger partial charge in [0.2, 0.25) is 5.91 Å². The van der Waals surface area contributed by atoms with Gasteiger partial charge in [0.05, 0.1) is 0 Å². The number of hydrogen-bond acceptors (Lipinski definition) is 5. The van der Waals surface area contributed by atoms with Gasteiger partial charge in [-0.15, -0.1) is 0 Å². The summed E-state index contributed by atoms with van der Waals surface area (Å²) in [5.41, 5.74) is 1.25. The van der Waals surface area contributed by atoms with Crippen molar-refractivity contribution < 1.29 is 14.4 Å². The summed E-state index contributed by atoms with van der Waals surface area (Å²) in [5.74, 6) is 0.611. The van der Waals surface area contributed by atoms with Gasteiger partial charge in [-0.1, -0.05) is 25.6 Å². The highest BCUT2D eigenvalue weighted by molar-refractivity contribution is 8.15. The molecular weight excluding hydrogens is 412 g/mol. The average molecular weight is 443 g/mol. The zero-order valence-electron chi connectivity index (χ0n) is 18.2. The molecule has 3 aliphatic heterocycles. The molecule has 3 atom stereocenters. The fraction of sp³-hybridized carbons (Fsp3) is 0.565. The number of likely N-dealkylation sites (tertiary alicyclic amines) is 2. The van der Waals surface area contributed by atoms with Crippen LogP contribution in [0.3, 0.4) is 0 Å². The summed E-state index contributed by atoms with van der Waals surface area (Å²) in [6.45, 7) is 7.80. The van der Waals surface area contributed by atoms with Crippen LogP contribution in [0.5, 0.6) is 0 Å². The van der Waals surface area contributed by atoms with Gasteiger partial charge in [0.15, 0.2) is 5.17 Å². The van der Waals surface area contributed by atoms with Crippen LogP contribution in [0, 0.1) is 11.8 Å². The van der Waals surface area contributed by atoms with Crippen molar-refractivity contribution in [2.24, 2.45) is 16.8 Å². The Bertz CT molecular complexity index is 869. The van der Waals surface area contributed by atoms with E-state index in [1.165, 1.54) is 11.8 Å². The molecule has 0 saturated carbocycles. The molecule has 0 aliphatic carbocycles. The monoisotopic (exact) mass is 442 g/mol. The van der Waals surface area contributed by atoms with E-state index in [4.69, 9.17) is 0 Å². The zero-order chi connectivity index (χ0) is 22.0. The number of aliphatic imine (C=N–C) groups is 1. The van der Waals surface area contributed by atoms with E-state index < -0.39 is 5.25 Å². The van der Waals surface area contributed by atoms with Crippen LogP contribution in [-0.4, -0.2) is 64.1 Å². The van der Waals surface area contributed by atoms with Crippen molar-refractivity contribution in [3.63, 3.8) is 0 Å². The Kier molecular flexibility index (Phi) is 6.65. The number of thioether (sulfide) groups is 1. The smallest absolute Gasteiger partial charge is 0.262 e. The summed E-state index contributed by atoms with van der Waals surface area (Å²) < 4.78 is 0. The van der Waals surface area contributed by atoms with E-state index in [2.05, 4.69) is 29.1 Å². The van der Waals surface area contributed by atoms with Gasteiger partial charge in [-0.05, 0) is 55.4 Å². The van der Waals surface area contributed by atoms with E-state index >= 15 is 0 Å². The maximum absolute atomic E-state index is 12.8. The normalized spacial score (nSPS) is 26.2. The average Bonchev–Trinajstić information content (AvgIpc) is 3.38. The summed E-state index contributed by atoms with van der Waals surface area (Å²) in [7, 11) is 0. The van der Waals surface area contributed by atoms with Crippen LogP contribution in [0.25, 0.3) is 0 Å². The van der Waals surface area contributed by atoms with Crippen LogP contribution in [0.1, 0.15) is 49.9 Å². The molecule has 0 aromatic heterocycles. The molecule has 3 heterocycles. The second-order valence-corrected chi connectivity index (χ2v) is 10.2. The third-order valence-corrected chi connectivity index (χ3v) is 7.26. The number of amidine groups is 1. The quantitative estimate of drug-likeness (QED) is 0.774. The highest BCUT2D eigenvalue weighted by Gasteiger charge is 2.33. The molecule has 7 nitrogen and oxygen atoms in total. The highest BCUT2D eigenvalue weighted by Crippen LogP contribution is 2.29. The lowest BCUT2D eigenvalue weighted by Gasteiger charge is -2.35. The Hall–Kier alpha value is -2.35. The van der Waals surface area contributed by atoms with Crippen molar-refractivity contribution >= 4 is 40.3 Å². The van der Waals surface area contributed by atoms with Gasteiger partial charge in [0.25, 0.3) is 11.8 Å². The number of rotatable bonds is 4. The number of piperidine rings is 1. The molecule has 2 fully saturated rings. The number of amides is 3. The maximum atomic E-state index is 12.8. The maximum Gasteiger partial charge on any atom is 0.262 e. The van der Waals surface area contributed by atoms with Gasteiger partial charge in [-0.25, -0.2) is 0 Å². The van der Waals surface area contributed by atoms with E-state index in [0.717, 1.165) is 50.6 Å². The minimum absolute atomic E-state index is 0.0378. The van der Waals surface area contributed by atoms with Crippen molar-refractivity contribution in [1.29, 1.82) is 0 Å². The van der Waals surface area contributed by atoms with Gasteiger partial charge in [0, 0.05) is 43.9 Å². The van der Waals surface area contributed by atoms with E-state index in [1.807, 2.05) is 4.90 Å². The molecule has 31 heavy (non-hydrogen) atoms. The molecule has 1 aromatic carbocycles. The Morgan fingerprint density at radius 1 is 1.10 bits per heavy atom. The number of nitrogens with zero attached hydrogens (tertiary/aromatic N) is 3. The van der Waals surface area contributed by atoms with E-state index in [1.54, 1.807) is 24.3 Å². The zero-order valence-corrected chi connectivity index (χ0v) is 19.0. The minimum atomic E-state index is -0.459. The summed E-state index contributed by atoms with van der Waals surface area (Å²) >= 11 is 1.39. The second-order valence-electron chi connectivity index (χ2n) is 9.02. The van der Waals surface area contributed by atoms with E-state index in [0.29, 0.717) is 23.1 Å². The Balaban J connectivity index is 1.29. The molecule has 0 radical (unpaired) electrons. The number of benzene rings is 1. The Labute approximate surface area is 187 Å². The third kappa shape index (κ3) is 5.29. The van der Waals surface area contributed by atoms with Crippen molar-refractivity contribution in [1.82, 2.24) is 9.80 Å². The SMILES string of the molecule is C[C@@H]1C[C@H](C)CN(C(=O)c2ccc(NC(=O)C[C@H]3SC(N4CCCC4)=NC3=O)cc2)C1. The number of nitrogens with one attached hydrogen (secondary N) is 1. The number of anilines is 1. The van der Waals surface area contributed by atoms with E-state index in [9.17, 15) is 14.4 Å². The van der Waals surface area contributed by atoms with Crippen molar-refractivity contribution in [2.45, 2.75) is 44.8 Å². The molecule has 1 aromatic rings. The predicted molar refractivity (Wildman–Crippen MR) is 123 cm³/mol. The first-order valence-electron chi connectivity index (χ1n) is 11.1. The standard InChI is InChI=1S/C23H30N4O3S/c1-15-11-16(2)14-27(13-15)22(30)17-5-7-18(8-6-17)24-20(28)12-19-21(29)25-23(31-19)26-9-3-4-10-26/h5-8,15-16,19H,3-4,9-14H2,1-2H3,(H,24,28)/t15-,16+,19-/m1/s1. The first kappa shape index (κ1) is 21.9. The van der Waals surface area contributed by atoms with Crippen molar-refractivity contribution in [3.8, 4) is 0 Å². The van der Waals surface area contributed by atoms with Crippen LogP contribution in [0.15, 0.2) is 29.3 Å². The minimum Gasteiger partial charge on any atom is -0.351 e. The first-order chi connectivity index (χ1) is 14.9. The molecule has 4 rings (SSSR count). The van der Waals surface area contributed by atoms with Crippen molar-refractivity contribution in [2.75, 3.05) is 31.5 Å². The molecule has 0 unspecified atom stereocenters. The molecule has 166 valence electrons. The number of hydrogen-bond donors (Lipinski definition) is 1. The van der Waals surface area contributed by atoms with Gasteiger partial charge < -0.3 is 15.1 Å². The number of carbonyl (C=O) groups is 3. The molecule has 1 N–H and O–H groups in total. The predicted octanol–water partition coefficient (Wildman–Crippen LogP) is 3.23. The molecule has 0 spiro atoms. The topological polar surface area (TPSA) is 82.1 Å². The van der Waals surface area contributed by atoms with Crippen LogP contribution in [-0.2, 0) is 9.59 Å². The lowest BCUT2D eigenvalue weighted by molar-refractivity contribution is -0.121. The van der Waals surface area contributed by atoms with Crippen LogP contribution < -0.4 is 5.32 Å². The highest BCUT2D eigenvalue weighted by atomic mass is 32.2. The van der Waals surface area contributed by atoms with Gasteiger partial charge in [-0.2, -0.15) is 4.99 Å². The fourth-order valence-corrected chi connectivity index (χ4v) is 5.76. The van der Waals surface area contributed by atoms with Crippen molar-refractivity contribution in [3.05, 3.63) is 29.8 Å². The summed E-state index contributed by atoms with van der Waals surface area (Å²) in [5, 5.41) is 3.14. The Morgan fingerprint density at radius 2 is 1.74 bits per heavy atom. The third-order valence-electron chi connectivity index (χ3n) is 6.05. The molecule has 3 amide bonds. The fourth-order valence-electron chi connectivity index (χ4n) is 4.64. The summed E-state index contributed by atoms with van der Waals surface area (Å²) in [6, 6.07) is 7.01. The van der Waals surface area contributed by atoms with Gasteiger partial charge in [0.1, 0.15) is 5.25 Å². The molecular formula is C23H30N4O3S. The number of carbonyl (C=O) groups excluding carboxylic acids is 3. The molecule has 3 aliphatic rings. The molecule has 2 saturated heterocycles. The van der Waals surface area contributed by atoms with E-state index in [-0.39, 0.29) is 24.1 Å². The second kappa shape index (κ2) is 9.42. The van der Waals surface area contributed by atoms with Gasteiger partial charge >= 0.3 is 0 Å². The molecule has 0 bridgehead atoms.